The molecule has 94 valence electrons. The molecule has 1 amide bonds. The molecule has 0 spiro atoms. The average Bonchev–Trinajstić information content (AvgIpc) is 2.43. The topological polar surface area (TPSA) is 35.6 Å². The molecule has 0 saturated carbocycles. The molecule has 1 rings (SSSR count). The Bertz CT molecular complexity index is 210. The molecule has 0 bridgehead atoms. The molecule has 0 aromatic rings. The van der Waals surface area contributed by atoms with E-state index in [2.05, 4.69) is 24.1 Å². The van der Waals surface area contributed by atoms with E-state index in [4.69, 9.17) is 0 Å². The number of nitrogens with one attached hydrogen (secondary N) is 1. The molecule has 0 aliphatic carbocycles. The minimum Gasteiger partial charge on any atom is -0.340 e. The molecule has 1 fully saturated rings. The monoisotopic (exact) mass is 227 g/mol. The van der Waals surface area contributed by atoms with Gasteiger partial charge in [0.2, 0.25) is 5.91 Å². The third kappa shape index (κ3) is 4.94. The second kappa shape index (κ2) is 6.86. The molecule has 0 atom stereocenters. The van der Waals surface area contributed by atoms with Crippen LogP contribution in [0, 0.1) is 5.92 Å². The molecule has 1 aliphatic heterocycles. The van der Waals surface area contributed by atoms with Crippen molar-refractivity contribution in [3.63, 3.8) is 0 Å². The van der Waals surface area contributed by atoms with Crippen LogP contribution >= 0.6 is 0 Å². The van der Waals surface area contributed by atoms with E-state index >= 15 is 0 Å². The van der Waals surface area contributed by atoms with E-state index in [1.165, 1.54) is 0 Å². The third-order valence-electron chi connectivity index (χ3n) is 2.77. The maximum absolute atomic E-state index is 12.0. The van der Waals surface area contributed by atoms with Crippen molar-refractivity contribution < 1.29 is 4.79 Å². The number of amides is 1. The summed E-state index contributed by atoms with van der Waals surface area (Å²) in [5, 5.41) is 3.31. The van der Waals surface area contributed by atoms with Gasteiger partial charge in [-0.1, -0.05) is 13.8 Å². The Morgan fingerprint density at radius 1 is 1.38 bits per heavy atom. The zero-order valence-corrected chi connectivity index (χ0v) is 10.8. The van der Waals surface area contributed by atoms with E-state index in [1.54, 1.807) is 0 Å². The van der Waals surface area contributed by atoms with Crippen molar-refractivity contribution in [2.75, 3.05) is 46.3 Å². The van der Waals surface area contributed by atoms with Crippen LogP contribution in [0.15, 0.2) is 0 Å². The molecular weight excluding hydrogens is 202 g/mol. The fraction of sp³-hybridized carbons (Fsp3) is 0.917. The van der Waals surface area contributed by atoms with Crippen LogP contribution < -0.4 is 5.32 Å². The lowest BCUT2D eigenvalue weighted by Crippen LogP contribution is -2.41. The summed E-state index contributed by atoms with van der Waals surface area (Å²) in [7, 11) is 2.02. The van der Waals surface area contributed by atoms with Crippen molar-refractivity contribution in [1.29, 1.82) is 0 Å². The predicted molar refractivity (Wildman–Crippen MR) is 66.4 cm³/mol. The summed E-state index contributed by atoms with van der Waals surface area (Å²) in [5.74, 6) is 0.885. The first-order valence-corrected chi connectivity index (χ1v) is 6.26. The Labute approximate surface area is 99.0 Å². The van der Waals surface area contributed by atoms with Crippen LogP contribution in [0.5, 0.6) is 0 Å². The van der Waals surface area contributed by atoms with Gasteiger partial charge in [-0.25, -0.2) is 0 Å². The van der Waals surface area contributed by atoms with Crippen molar-refractivity contribution in [2.24, 2.45) is 5.92 Å². The molecular formula is C12H25N3O. The molecule has 0 aromatic carbocycles. The number of carbonyl (C=O) groups excluding carboxylic acids is 1. The van der Waals surface area contributed by atoms with E-state index < -0.39 is 0 Å². The van der Waals surface area contributed by atoms with Crippen LogP contribution in [0.3, 0.4) is 0 Å². The first-order valence-electron chi connectivity index (χ1n) is 6.26. The second-order valence-corrected chi connectivity index (χ2v) is 5.07. The van der Waals surface area contributed by atoms with Crippen LogP contribution in [0.4, 0.5) is 0 Å². The molecule has 16 heavy (non-hydrogen) atoms. The molecule has 0 unspecified atom stereocenters. The lowest BCUT2D eigenvalue weighted by molar-refractivity contribution is -0.132. The number of nitrogens with zero attached hydrogens (tertiary/aromatic N) is 2. The number of carbonyl (C=O) groups is 1. The van der Waals surface area contributed by atoms with Crippen LogP contribution in [-0.2, 0) is 4.79 Å². The molecule has 0 aromatic heterocycles. The molecule has 4 heteroatoms. The highest BCUT2D eigenvalue weighted by Gasteiger charge is 2.16. The SMILES string of the molecule is CC(C)CN(C)CC(=O)N1CCCNCC1. The lowest BCUT2D eigenvalue weighted by Gasteiger charge is -2.24. The van der Waals surface area contributed by atoms with Gasteiger partial charge < -0.3 is 10.2 Å². The maximum Gasteiger partial charge on any atom is 0.236 e. The molecule has 1 saturated heterocycles. The number of rotatable bonds is 4. The maximum atomic E-state index is 12.0. The first kappa shape index (κ1) is 13.5. The summed E-state index contributed by atoms with van der Waals surface area (Å²) < 4.78 is 0. The van der Waals surface area contributed by atoms with Gasteiger partial charge in [0.25, 0.3) is 0 Å². The average molecular weight is 227 g/mol. The summed E-state index contributed by atoms with van der Waals surface area (Å²) in [4.78, 5) is 16.1. The van der Waals surface area contributed by atoms with E-state index in [0.29, 0.717) is 12.5 Å². The van der Waals surface area contributed by atoms with Gasteiger partial charge in [0.15, 0.2) is 0 Å². The molecule has 4 nitrogen and oxygen atoms in total. The normalized spacial score (nSPS) is 17.9. The second-order valence-electron chi connectivity index (χ2n) is 5.07. The van der Waals surface area contributed by atoms with Gasteiger partial charge in [-0.3, -0.25) is 9.69 Å². The van der Waals surface area contributed by atoms with Gasteiger partial charge in [0.1, 0.15) is 0 Å². The summed E-state index contributed by atoms with van der Waals surface area (Å²) >= 11 is 0. The molecule has 1 heterocycles. The van der Waals surface area contributed by atoms with Crippen LogP contribution in [-0.4, -0.2) is 62.0 Å². The quantitative estimate of drug-likeness (QED) is 0.755. The standard InChI is InChI=1S/C12H25N3O/c1-11(2)9-14(3)10-12(16)15-7-4-5-13-6-8-15/h11,13H,4-10H2,1-3H3. The van der Waals surface area contributed by atoms with Crippen molar-refractivity contribution in [3.8, 4) is 0 Å². The Hall–Kier alpha value is -0.610. The Kier molecular flexibility index (Phi) is 5.77. The third-order valence-corrected chi connectivity index (χ3v) is 2.77. The highest BCUT2D eigenvalue weighted by atomic mass is 16.2. The Balaban J connectivity index is 2.32. The van der Waals surface area contributed by atoms with Crippen LogP contribution in [0.2, 0.25) is 0 Å². The largest absolute Gasteiger partial charge is 0.340 e. The van der Waals surface area contributed by atoms with Gasteiger partial charge in [-0.15, -0.1) is 0 Å². The van der Waals surface area contributed by atoms with Crippen molar-refractivity contribution in [1.82, 2.24) is 15.1 Å². The van der Waals surface area contributed by atoms with E-state index in [0.717, 1.165) is 39.1 Å². The first-order chi connectivity index (χ1) is 7.59. The number of likely N-dealkylation sites (N-methyl/N-ethyl adjacent to an activating group) is 1. The van der Waals surface area contributed by atoms with Crippen LogP contribution in [0.1, 0.15) is 20.3 Å². The molecule has 1 aliphatic rings. The summed E-state index contributed by atoms with van der Waals surface area (Å²) in [6.45, 7) is 9.62. The molecule has 1 N–H and O–H groups in total. The van der Waals surface area contributed by atoms with Crippen LogP contribution in [0.25, 0.3) is 0 Å². The summed E-state index contributed by atoms with van der Waals surface area (Å²) in [5.41, 5.74) is 0. The number of hydrogen-bond donors (Lipinski definition) is 1. The summed E-state index contributed by atoms with van der Waals surface area (Å²) in [6.07, 6.45) is 1.07. The van der Waals surface area contributed by atoms with Gasteiger partial charge in [-0.05, 0) is 25.9 Å². The van der Waals surface area contributed by atoms with Crippen molar-refractivity contribution in [2.45, 2.75) is 20.3 Å². The number of hydrogen-bond acceptors (Lipinski definition) is 3. The summed E-state index contributed by atoms with van der Waals surface area (Å²) in [6, 6.07) is 0. The minimum absolute atomic E-state index is 0.270. The van der Waals surface area contributed by atoms with E-state index in [1.807, 2.05) is 11.9 Å². The zero-order valence-electron chi connectivity index (χ0n) is 10.8. The lowest BCUT2D eigenvalue weighted by atomic mass is 10.2. The highest BCUT2D eigenvalue weighted by molar-refractivity contribution is 5.78. The minimum atomic E-state index is 0.270. The smallest absolute Gasteiger partial charge is 0.236 e. The van der Waals surface area contributed by atoms with Crippen molar-refractivity contribution in [3.05, 3.63) is 0 Å². The highest BCUT2D eigenvalue weighted by Crippen LogP contribution is 2.00. The fourth-order valence-electron chi connectivity index (χ4n) is 2.11. The van der Waals surface area contributed by atoms with Crippen molar-refractivity contribution >= 4 is 5.91 Å². The van der Waals surface area contributed by atoms with Gasteiger partial charge >= 0.3 is 0 Å². The Morgan fingerprint density at radius 3 is 2.81 bits per heavy atom. The zero-order chi connectivity index (χ0) is 12.0. The van der Waals surface area contributed by atoms with Gasteiger partial charge in [-0.2, -0.15) is 0 Å². The van der Waals surface area contributed by atoms with Gasteiger partial charge in [0, 0.05) is 26.2 Å². The Morgan fingerprint density at radius 2 is 2.12 bits per heavy atom. The van der Waals surface area contributed by atoms with Gasteiger partial charge in [0.05, 0.1) is 6.54 Å². The predicted octanol–water partition coefficient (Wildman–Crippen LogP) is 0.396. The molecule has 0 radical (unpaired) electrons. The van der Waals surface area contributed by atoms with E-state index in [9.17, 15) is 4.79 Å². The van der Waals surface area contributed by atoms with E-state index in [-0.39, 0.29) is 5.91 Å². The fourth-order valence-corrected chi connectivity index (χ4v) is 2.11.